The van der Waals surface area contributed by atoms with E-state index in [9.17, 15) is 4.79 Å². The van der Waals surface area contributed by atoms with Gasteiger partial charge in [0.2, 0.25) is 9.04 Å². The van der Waals surface area contributed by atoms with Gasteiger partial charge in [0.1, 0.15) is 0 Å². The Hall–Kier alpha value is -0.493. The number of aliphatic hydroxyl groups is 1. The quantitative estimate of drug-likeness (QED) is 0.533. The van der Waals surface area contributed by atoms with Gasteiger partial charge in [0.25, 0.3) is 0 Å². The first kappa shape index (κ1) is 15.6. The van der Waals surface area contributed by atoms with Crippen LogP contribution in [0.2, 0.25) is 6.04 Å². The molecule has 0 saturated carbocycles. The van der Waals surface area contributed by atoms with E-state index in [4.69, 9.17) is 14.3 Å². The zero-order chi connectivity index (χ0) is 13.4. The predicted molar refractivity (Wildman–Crippen MR) is 73.0 cm³/mol. The minimum atomic E-state index is -1.29. The second-order valence-electron chi connectivity index (χ2n) is 4.67. The highest BCUT2D eigenvalue weighted by atomic mass is 28.3. The van der Waals surface area contributed by atoms with Crippen LogP contribution in [0.15, 0.2) is 12.7 Å². The van der Waals surface area contributed by atoms with Crippen molar-refractivity contribution in [1.82, 2.24) is 0 Å². The van der Waals surface area contributed by atoms with E-state index in [1.807, 2.05) is 0 Å². The normalized spacial score (nSPS) is 23.3. The third-order valence-corrected chi connectivity index (χ3v) is 6.50. The van der Waals surface area contributed by atoms with Crippen LogP contribution < -0.4 is 0 Å². The monoisotopic (exact) mass is 272 g/mol. The summed E-state index contributed by atoms with van der Waals surface area (Å²) in [5.74, 6) is -0.632. The van der Waals surface area contributed by atoms with Gasteiger partial charge < -0.3 is 14.3 Å². The molecule has 0 amide bonds. The van der Waals surface area contributed by atoms with Gasteiger partial charge in [-0.25, -0.2) is 0 Å². The van der Waals surface area contributed by atoms with E-state index in [-0.39, 0.29) is 24.7 Å². The van der Waals surface area contributed by atoms with Gasteiger partial charge in [0.15, 0.2) is 5.78 Å². The fourth-order valence-corrected chi connectivity index (χ4v) is 4.94. The molecule has 1 N–H and O–H groups in total. The lowest BCUT2D eigenvalue weighted by Gasteiger charge is -2.29. The molecule has 104 valence electrons. The summed E-state index contributed by atoms with van der Waals surface area (Å²) in [5, 5.41) is 9.15. The van der Waals surface area contributed by atoms with Crippen LogP contribution in [0.1, 0.15) is 26.2 Å². The summed E-state index contributed by atoms with van der Waals surface area (Å²) >= 11 is 0. The molecule has 1 saturated heterocycles. The fourth-order valence-electron chi connectivity index (χ4n) is 2.18. The average Bonchev–Trinajstić information content (AvgIpc) is 2.44. The number of ketones is 1. The zero-order valence-electron chi connectivity index (χ0n) is 11.1. The summed E-state index contributed by atoms with van der Waals surface area (Å²) in [6.45, 7) is 6.45. The van der Waals surface area contributed by atoms with E-state index in [2.05, 4.69) is 13.5 Å². The van der Waals surface area contributed by atoms with E-state index in [0.29, 0.717) is 0 Å². The van der Waals surface area contributed by atoms with Crippen molar-refractivity contribution >= 4 is 14.8 Å². The highest BCUT2D eigenvalue weighted by molar-refractivity contribution is 6.53. The molecule has 0 aromatic rings. The third-order valence-electron chi connectivity index (χ3n) is 3.37. The van der Waals surface area contributed by atoms with Crippen LogP contribution in [0.4, 0.5) is 0 Å². The molecule has 0 aromatic carbocycles. The smallest absolute Gasteiger partial charge is 0.205 e. The van der Waals surface area contributed by atoms with Gasteiger partial charge in [-0.05, 0) is 25.0 Å². The van der Waals surface area contributed by atoms with Crippen molar-refractivity contribution in [3.05, 3.63) is 12.7 Å². The van der Waals surface area contributed by atoms with E-state index in [1.54, 1.807) is 0 Å². The number of aliphatic hydroxyl groups excluding tert-OH is 1. The minimum absolute atomic E-state index is 0.150. The molecule has 1 rings (SSSR count). The van der Waals surface area contributed by atoms with Crippen LogP contribution in [0.25, 0.3) is 0 Å². The topological polar surface area (TPSA) is 55.8 Å². The van der Waals surface area contributed by atoms with Gasteiger partial charge in [0, 0.05) is 6.61 Å². The van der Waals surface area contributed by atoms with E-state index >= 15 is 0 Å². The molecule has 1 aliphatic rings. The molecule has 0 aromatic heterocycles. The number of carbonyl (C=O) groups excluding carboxylic acids is 1. The van der Waals surface area contributed by atoms with Gasteiger partial charge in [0.05, 0.1) is 24.9 Å². The van der Waals surface area contributed by atoms with Gasteiger partial charge >= 0.3 is 0 Å². The molecule has 3 atom stereocenters. The Balaban J connectivity index is 2.41. The minimum Gasteiger partial charge on any atom is -0.417 e. The zero-order valence-corrected chi connectivity index (χ0v) is 12.3. The number of hydrogen-bond donors (Lipinski definition) is 1. The van der Waals surface area contributed by atoms with Crippen molar-refractivity contribution in [1.29, 1.82) is 0 Å². The molecule has 3 unspecified atom stereocenters. The molecule has 1 aliphatic heterocycles. The van der Waals surface area contributed by atoms with Crippen molar-refractivity contribution in [2.75, 3.05) is 19.8 Å². The van der Waals surface area contributed by atoms with Crippen LogP contribution >= 0.6 is 0 Å². The fraction of sp³-hybridized carbons (Fsp3) is 0.769. The molecule has 0 radical (unpaired) electrons. The second-order valence-corrected chi connectivity index (χ2v) is 7.40. The summed E-state index contributed by atoms with van der Waals surface area (Å²) in [4.78, 5) is 11.4. The summed E-state index contributed by atoms with van der Waals surface area (Å²) in [7, 11) is -1.29. The Morgan fingerprint density at radius 1 is 1.61 bits per heavy atom. The lowest BCUT2D eigenvalue weighted by molar-refractivity contribution is -0.122. The average molecular weight is 272 g/mol. The SMILES string of the molecule is C=CC(=O)C(CO)COC(CC)[SiH]1CCCCO1. The highest BCUT2D eigenvalue weighted by Gasteiger charge is 2.27. The van der Waals surface area contributed by atoms with Crippen LogP contribution in [-0.2, 0) is 14.0 Å². The van der Waals surface area contributed by atoms with Crippen molar-refractivity contribution in [2.24, 2.45) is 5.92 Å². The number of ether oxygens (including phenoxy) is 1. The molecule has 5 heteroatoms. The molecule has 1 fully saturated rings. The van der Waals surface area contributed by atoms with Crippen molar-refractivity contribution < 1.29 is 19.1 Å². The van der Waals surface area contributed by atoms with Crippen molar-refractivity contribution in [2.45, 2.75) is 38.0 Å². The third kappa shape index (κ3) is 4.64. The van der Waals surface area contributed by atoms with Gasteiger partial charge in [-0.1, -0.05) is 19.9 Å². The first-order valence-electron chi connectivity index (χ1n) is 6.73. The highest BCUT2D eigenvalue weighted by Crippen LogP contribution is 2.18. The number of hydrogen-bond acceptors (Lipinski definition) is 4. The molecular formula is C13H24O4Si. The lowest BCUT2D eigenvalue weighted by atomic mass is 10.1. The Morgan fingerprint density at radius 2 is 2.39 bits per heavy atom. The molecule has 18 heavy (non-hydrogen) atoms. The lowest BCUT2D eigenvalue weighted by Crippen LogP contribution is -2.40. The van der Waals surface area contributed by atoms with Crippen LogP contribution in [0.5, 0.6) is 0 Å². The first-order valence-corrected chi connectivity index (χ1v) is 8.68. The Bertz CT molecular complexity index is 264. The van der Waals surface area contributed by atoms with Crippen molar-refractivity contribution in [3.63, 3.8) is 0 Å². The maximum Gasteiger partial charge on any atom is 0.205 e. The van der Waals surface area contributed by atoms with E-state index < -0.39 is 15.0 Å². The standard InChI is InChI=1S/C13H24O4Si/c1-3-12(15)11(9-14)10-16-13(4-2)18-8-6-5-7-17-18/h3,11,13-14,18H,1,4-10H2,2H3. The van der Waals surface area contributed by atoms with Crippen LogP contribution in [-0.4, -0.2) is 45.5 Å². The van der Waals surface area contributed by atoms with Gasteiger partial charge in [-0.3, -0.25) is 4.79 Å². The summed E-state index contributed by atoms with van der Waals surface area (Å²) in [6, 6.07) is 1.15. The molecule has 4 nitrogen and oxygen atoms in total. The van der Waals surface area contributed by atoms with Crippen LogP contribution in [0.3, 0.4) is 0 Å². The first-order chi connectivity index (χ1) is 8.72. The largest absolute Gasteiger partial charge is 0.417 e. The van der Waals surface area contributed by atoms with Gasteiger partial charge in [-0.2, -0.15) is 0 Å². The maximum absolute atomic E-state index is 11.4. The molecule has 0 spiro atoms. The van der Waals surface area contributed by atoms with E-state index in [1.165, 1.54) is 12.5 Å². The van der Waals surface area contributed by atoms with E-state index in [0.717, 1.165) is 25.5 Å². The van der Waals surface area contributed by atoms with Crippen LogP contribution in [0, 0.1) is 5.92 Å². The molecular weight excluding hydrogens is 248 g/mol. The summed E-state index contributed by atoms with van der Waals surface area (Å²) in [6.07, 6.45) is 4.54. The number of carbonyl (C=O) groups is 1. The Morgan fingerprint density at radius 3 is 2.89 bits per heavy atom. The summed E-state index contributed by atoms with van der Waals surface area (Å²) in [5.41, 5.74) is 0.150. The maximum atomic E-state index is 11.4. The molecule has 1 heterocycles. The Labute approximate surface area is 111 Å². The second kappa shape index (κ2) is 8.58. The molecule has 0 aliphatic carbocycles. The van der Waals surface area contributed by atoms with Gasteiger partial charge in [-0.15, -0.1) is 0 Å². The Kier molecular flexibility index (Phi) is 7.42. The number of allylic oxidation sites excluding steroid dienone is 1. The number of rotatable bonds is 8. The predicted octanol–water partition coefficient (Wildman–Crippen LogP) is 1.22. The van der Waals surface area contributed by atoms with Crippen molar-refractivity contribution in [3.8, 4) is 0 Å². The summed E-state index contributed by atoms with van der Waals surface area (Å²) < 4.78 is 11.6. The molecule has 0 bridgehead atoms.